The fourth-order valence-electron chi connectivity index (χ4n) is 2.34. The van der Waals surface area contributed by atoms with Crippen molar-refractivity contribution in [2.45, 2.75) is 0 Å². The highest BCUT2D eigenvalue weighted by Gasteiger charge is 2.07. The molecule has 0 bridgehead atoms. The quantitative estimate of drug-likeness (QED) is 0.320. The van der Waals surface area contributed by atoms with Gasteiger partial charge in [-0.15, -0.1) is 0 Å². The average Bonchev–Trinajstić information content (AvgIpc) is 2.70. The van der Waals surface area contributed by atoms with Crippen molar-refractivity contribution in [2.24, 2.45) is 10.9 Å². The summed E-state index contributed by atoms with van der Waals surface area (Å²) in [5.41, 5.74) is 6.41. The maximum Gasteiger partial charge on any atom is 0.372 e. The normalized spacial score (nSPS) is 11.2. The van der Waals surface area contributed by atoms with Crippen LogP contribution in [-0.4, -0.2) is 25.5 Å². The number of benzene rings is 3. The molecule has 3 aromatic carbocycles. The van der Waals surface area contributed by atoms with Gasteiger partial charge in [-0.1, -0.05) is 35.5 Å². The Morgan fingerprint density at radius 3 is 2.38 bits per heavy atom. The first-order valence-corrected chi connectivity index (χ1v) is 7.95. The summed E-state index contributed by atoms with van der Waals surface area (Å²) >= 11 is 0. The van der Waals surface area contributed by atoms with Crippen LogP contribution in [0.1, 0.15) is 5.56 Å². The molecule has 0 aliphatic heterocycles. The number of nitrogens with two attached hydrogens (primary N) is 1. The molecule has 0 amide bonds. The Morgan fingerprint density at radius 2 is 1.65 bits per heavy atom. The summed E-state index contributed by atoms with van der Waals surface area (Å²) in [6, 6.07) is 20.4. The van der Waals surface area contributed by atoms with Crippen LogP contribution in [0, 0.1) is 0 Å². The Kier molecular flexibility index (Phi) is 5.34. The second kappa shape index (κ2) is 8.02. The molecule has 0 heterocycles. The molecule has 0 spiro atoms. The fraction of sp³-hybridized carbons (Fsp3) is 0.100. The number of methoxy groups -OCH3 is 1. The highest BCUT2D eigenvalue weighted by molar-refractivity contribution is 5.97. The number of hydrogen-bond acceptors (Lipinski definition) is 5. The molecule has 0 aliphatic rings. The van der Waals surface area contributed by atoms with Crippen molar-refractivity contribution in [1.29, 1.82) is 0 Å². The lowest BCUT2D eigenvalue weighted by Gasteiger charge is -2.06. The topological polar surface area (TPSA) is 83.1 Å². The lowest BCUT2D eigenvalue weighted by atomic mass is 10.1. The Labute approximate surface area is 150 Å². The molecule has 132 valence electrons. The molecule has 0 saturated carbocycles. The Morgan fingerprint density at radius 1 is 0.962 bits per heavy atom. The minimum Gasteiger partial charge on any atom is -0.497 e. The molecule has 0 fully saturated rings. The molecule has 0 aliphatic carbocycles. The third kappa shape index (κ3) is 4.30. The largest absolute Gasteiger partial charge is 0.497 e. The van der Waals surface area contributed by atoms with E-state index in [1.54, 1.807) is 37.4 Å². The summed E-state index contributed by atoms with van der Waals surface area (Å²) in [5, 5.41) is 5.76. The zero-order valence-electron chi connectivity index (χ0n) is 14.2. The number of oxime groups is 1. The lowest BCUT2D eigenvalue weighted by Crippen LogP contribution is -2.17. The number of fused-ring (bicyclic) bond motifs is 1. The number of rotatable bonds is 6. The van der Waals surface area contributed by atoms with Crippen molar-refractivity contribution >= 4 is 22.6 Å². The van der Waals surface area contributed by atoms with E-state index in [0.717, 1.165) is 10.8 Å². The van der Waals surface area contributed by atoms with Gasteiger partial charge in [-0.25, -0.2) is 4.79 Å². The third-order valence-corrected chi connectivity index (χ3v) is 3.71. The molecule has 2 N–H and O–H groups in total. The highest BCUT2D eigenvalue weighted by Crippen LogP contribution is 2.20. The van der Waals surface area contributed by atoms with Gasteiger partial charge in [-0.2, -0.15) is 0 Å². The van der Waals surface area contributed by atoms with Crippen LogP contribution >= 0.6 is 0 Å². The van der Waals surface area contributed by atoms with Gasteiger partial charge in [0.1, 0.15) is 11.5 Å². The minimum absolute atomic E-state index is 0.0895. The second-order valence-electron chi connectivity index (χ2n) is 5.47. The molecule has 6 nitrogen and oxygen atoms in total. The van der Waals surface area contributed by atoms with Gasteiger partial charge in [0.05, 0.1) is 7.11 Å². The molecule has 0 unspecified atom stereocenters. The van der Waals surface area contributed by atoms with Crippen LogP contribution in [0.3, 0.4) is 0 Å². The zero-order valence-corrected chi connectivity index (χ0v) is 14.2. The van der Waals surface area contributed by atoms with Gasteiger partial charge in [0.15, 0.2) is 12.4 Å². The summed E-state index contributed by atoms with van der Waals surface area (Å²) in [4.78, 5) is 16.6. The van der Waals surface area contributed by atoms with E-state index >= 15 is 0 Å². The summed E-state index contributed by atoms with van der Waals surface area (Å²) in [6.07, 6.45) is 0. The van der Waals surface area contributed by atoms with E-state index in [4.69, 9.17) is 20.0 Å². The van der Waals surface area contributed by atoms with Crippen molar-refractivity contribution in [2.75, 3.05) is 13.7 Å². The van der Waals surface area contributed by atoms with Gasteiger partial charge >= 0.3 is 5.97 Å². The molecular formula is C20H18N2O4. The average molecular weight is 350 g/mol. The standard InChI is InChI=1S/C20H18N2O4/c1-24-17-9-7-15(8-10-17)20(21)22-26-19(23)13-25-18-11-6-14-4-2-3-5-16(14)12-18/h2-12H,13H2,1H3,(H2,21,22). The molecule has 0 saturated heterocycles. The number of ether oxygens (including phenoxy) is 2. The molecule has 0 aromatic heterocycles. The van der Waals surface area contributed by atoms with Gasteiger partial charge in [0.2, 0.25) is 0 Å². The molecule has 0 atom stereocenters. The van der Waals surface area contributed by atoms with Crippen LogP contribution in [-0.2, 0) is 9.63 Å². The van der Waals surface area contributed by atoms with E-state index in [2.05, 4.69) is 5.16 Å². The van der Waals surface area contributed by atoms with Crippen molar-refractivity contribution in [3.05, 3.63) is 72.3 Å². The first-order valence-electron chi connectivity index (χ1n) is 7.95. The van der Waals surface area contributed by atoms with Crippen LogP contribution in [0.5, 0.6) is 11.5 Å². The zero-order chi connectivity index (χ0) is 18.4. The van der Waals surface area contributed by atoms with Gasteiger partial charge in [0, 0.05) is 5.56 Å². The smallest absolute Gasteiger partial charge is 0.372 e. The van der Waals surface area contributed by atoms with Crippen molar-refractivity contribution in [3.63, 3.8) is 0 Å². The Hall–Kier alpha value is -3.54. The fourth-order valence-corrected chi connectivity index (χ4v) is 2.34. The first-order chi connectivity index (χ1) is 12.7. The number of hydrogen-bond donors (Lipinski definition) is 1. The minimum atomic E-state index is -0.644. The molecule has 6 heteroatoms. The van der Waals surface area contributed by atoms with E-state index in [0.29, 0.717) is 17.1 Å². The SMILES string of the molecule is COc1ccc(C(N)=NOC(=O)COc2ccc3ccccc3c2)cc1. The molecule has 3 aromatic rings. The van der Waals surface area contributed by atoms with Gasteiger partial charge < -0.3 is 20.0 Å². The van der Waals surface area contributed by atoms with Crippen LogP contribution in [0.2, 0.25) is 0 Å². The predicted octanol–water partition coefficient (Wildman–Crippen LogP) is 3.09. The third-order valence-electron chi connectivity index (χ3n) is 3.71. The van der Waals surface area contributed by atoms with Crippen LogP contribution in [0.15, 0.2) is 71.9 Å². The Balaban J connectivity index is 1.55. The van der Waals surface area contributed by atoms with Gasteiger partial charge in [-0.05, 0) is 47.2 Å². The van der Waals surface area contributed by atoms with Crippen molar-refractivity contribution in [3.8, 4) is 11.5 Å². The van der Waals surface area contributed by atoms with Crippen LogP contribution < -0.4 is 15.2 Å². The summed E-state index contributed by atoms with van der Waals surface area (Å²) < 4.78 is 10.5. The van der Waals surface area contributed by atoms with E-state index in [9.17, 15) is 4.79 Å². The monoisotopic (exact) mass is 350 g/mol. The molecular weight excluding hydrogens is 332 g/mol. The molecule has 0 radical (unpaired) electrons. The van der Waals surface area contributed by atoms with E-state index in [1.165, 1.54) is 0 Å². The van der Waals surface area contributed by atoms with E-state index < -0.39 is 5.97 Å². The maximum absolute atomic E-state index is 11.8. The predicted molar refractivity (Wildman–Crippen MR) is 99.3 cm³/mol. The molecule has 3 rings (SSSR count). The van der Waals surface area contributed by atoms with Crippen LogP contribution in [0.4, 0.5) is 0 Å². The van der Waals surface area contributed by atoms with E-state index in [-0.39, 0.29) is 12.4 Å². The van der Waals surface area contributed by atoms with E-state index in [1.807, 2.05) is 36.4 Å². The second-order valence-corrected chi connectivity index (χ2v) is 5.47. The Bertz CT molecular complexity index is 936. The van der Waals surface area contributed by atoms with Crippen molar-refractivity contribution in [1.82, 2.24) is 0 Å². The van der Waals surface area contributed by atoms with Crippen LogP contribution in [0.25, 0.3) is 10.8 Å². The van der Waals surface area contributed by atoms with Gasteiger partial charge in [-0.3, -0.25) is 0 Å². The lowest BCUT2D eigenvalue weighted by molar-refractivity contribution is -0.146. The number of amidine groups is 1. The maximum atomic E-state index is 11.8. The summed E-state index contributed by atoms with van der Waals surface area (Å²) in [7, 11) is 1.57. The summed E-state index contributed by atoms with van der Waals surface area (Å²) in [6.45, 7) is -0.266. The molecule has 26 heavy (non-hydrogen) atoms. The highest BCUT2D eigenvalue weighted by atomic mass is 16.7. The van der Waals surface area contributed by atoms with Crippen molar-refractivity contribution < 1.29 is 19.1 Å². The number of nitrogens with zero attached hydrogens (tertiary/aromatic N) is 1. The summed E-state index contributed by atoms with van der Waals surface area (Å²) in [5.74, 6) is 0.719. The number of carbonyl (C=O) groups is 1. The number of carbonyl (C=O) groups excluding carboxylic acids is 1. The first kappa shape index (κ1) is 17.3. The van der Waals surface area contributed by atoms with Gasteiger partial charge in [0.25, 0.3) is 0 Å².